The number of hydrogen-bond acceptors (Lipinski definition) is 2. The van der Waals surface area contributed by atoms with Crippen LogP contribution in [0.1, 0.15) is 22.3 Å². The van der Waals surface area contributed by atoms with Gasteiger partial charge in [0.25, 0.3) is 0 Å². The van der Waals surface area contributed by atoms with E-state index in [9.17, 15) is 0 Å². The molecule has 0 spiro atoms. The van der Waals surface area contributed by atoms with E-state index in [-0.39, 0.29) is 0 Å². The maximum absolute atomic E-state index is 2.31. The molecule has 3 heteroatoms. The molecule has 6 aromatic rings. The Labute approximate surface area is 286 Å². The van der Waals surface area contributed by atoms with Crippen molar-refractivity contribution in [1.29, 1.82) is 0 Å². The average Bonchev–Trinajstić information content (AvgIpc) is 3.01. The van der Waals surface area contributed by atoms with Gasteiger partial charge in [-0.1, -0.05) is 0 Å². The molecule has 44 heavy (non-hydrogen) atoms. The normalized spacial score (nSPS) is 11.2. The van der Waals surface area contributed by atoms with E-state index < -0.39 is 0 Å². The molecule has 0 saturated heterocycles. The van der Waals surface area contributed by atoms with Crippen molar-refractivity contribution in [2.75, 3.05) is 0 Å². The first kappa shape index (κ1) is 30.9. The van der Waals surface area contributed by atoms with Gasteiger partial charge in [0.15, 0.2) is 0 Å². The molecule has 0 nitrogen and oxygen atoms in total. The second kappa shape index (κ2) is 13.9. The molecule has 0 heterocycles. The summed E-state index contributed by atoms with van der Waals surface area (Å²) in [6, 6.07) is 49.3. The van der Waals surface area contributed by atoms with Crippen molar-refractivity contribution >= 4 is 48.2 Å². The van der Waals surface area contributed by atoms with Crippen LogP contribution in [0.3, 0.4) is 0 Å². The predicted octanol–water partition coefficient (Wildman–Crippen LogP) is 11.9. The van der Waals surface area contributed by atoms with E-state index in [0.717, 1.165) is 0 Å². The molecule has 6 rings (SSSR count). The van der Waals surface area contributed by atoms with Crippen LogP contribution < -0.4 is 0 Å². The Balaban J connectivity index is 1.47. The summed E-state index contributed by atoms with van der Waals surface area (Å²) in [7, 11) is 0. The topological polar surface area (TPSA) is 0 Å². The van der Waals surface area contributed by atoms with Crippen molar-refractivity contribution in [3.63, 3.8) is 0 Å². The van der Waals surface area contributed by atoms with E-state index in [1.807, 2.05) is 23.5 Å². The summed E-state index contributed by atoms with van der Waals surface area (Å²) in [5, 5.41) is 0. The zero-order valence-electron chi connectivity index (χ0n) is 25.5. The summed E-state index contributed by atoms with van der Waals surface area (Å²) in [5.74, 6) is 0. The maximum atomic E-state index is 2.31. The molecule has 0 aliphatic heterocycles. The van der Waals surface area contributed by atoms with Gasteiger partial charge in [-0.3, -0.25) is 0 Å². The second-order valence-electron chi connectivity index (χ2n) is 11.4. The summed E-state index contributed by atoms with van der Waals surface area (Å²) in [6.07, 6.45) is 0. The van der Waals surface area contributed by atoms with Crippen molar-refractivity contribution in [1.82, 2.24) is 0 Å². The molecule has 0 N–H and O–H groups in total. The minimum absolute atomic E-state index is 0.360. The first-order valence-corrected chi connectivity index (χ1v) is 18.7. The standard InChI is InChI=1S/C41H35S2.Bi/c1-28-11-5-15-32(23-28)36-19-9-20-37(33-16-6-12-29(2)24-33)40(36)42-27-43-41-38(34-17-7-13-30(3)25-34)21-10-22-39(41)35-18-8-14-31(4)26-35;/h5-27H,1-4H3;. The quantitative estimate of drug-likeness (QED) is 0.0854. The molecule has 0 fully saturated rings. The fourth-order valence-electron chi connectivity index (χ4n) is 5.71. The number of benzene rings is 6. The Morgan fingerprint density at radius 1 is 0.386 bits per heavy atom. The molecule has 0 aliphatic rings. The summed E-state index contributed by atoms with van der Waals surface area (Å²) in [5.41, 5.74) is 15.5. The first-order valence-electron chi connectivity index (χ1n) is 14.9. The molecule has 0 amide bonds. The van der Waals surface area contributed by atoms with Crippen LogP contribution in [0.5, 0.6) is 0 Å². The molecule has 0 atom stereocenters. The fraction of sp³-hybridized carbons (Fsp3) is 0.122. The summed E-state index contributed by atoms with van der Waals surface area (Å²) < 4.78 is 0.360. The van der Waals surface area contributed by atoms with Gasteiger partial charge >= 0.3 is 288 Å². The second-order valence-corrected chi connectivity index (χ2v) is 18.8. The zero-order valence-corrected chi connectivity index (χ0v) is 30.7. The monoisotopic (exact) mass is 800 g/mol. The molecule has 0 unspecified atom stereocenters. The van der Waals surface area contributed by atoms with Crippen LogP contribution in [0.4, 0.5) is 0 Å². The number of rotatable bonds is 8. The van der Waals surface area contributed by atoms with Crippen LogP contribution in [0.25, 0.3) is 44.5 Å². The van der Waals surface area contributed by atoms with Crippen molar-refractivity contribution in [3.8, 4) is 44.5 Å². The molecule has 0 saturated carbocycles. The van der Waals surface area contributed by atoms with Gasteiger partial charge in [-0.05, 0) is 0 Å². The molecule has 0 aromatic heterocycles. The van der Waals surface area contributed by atoms with E-state index in [2.05, 4.69) is 161 Å². The predicted molar refractivity (Wildman–Crippen MR) is 195 cm³/mol. The summed E-state index contributed by atoms with van der Waals surface area (Å²) >= 11 is 5.33. The van der Waals surface area contributed by atoms with Gasteiger partial charge in [0.1, 0.15) is 0 Å². The Morgan fingerprint density at radius 3 is 0.886 bits per heavy atom. The van der Waals surface area contributed by atoms with Crippen LogP contribution in [0.2, 0.25) is 0 Å². The molecule has 216 valence electrons. The number of thioether (sulfide) groups is 2. The Bertz CT molecular complexity index is 1670. The Kier molecular flexibility index (Phi) is 9.77. The Hall–Kier alpha value is -3.10. The number of hydrogen-bond donors (Lipinski definition) is 0. The van der Waals surface area contributed by atoms with E-state index in [1.54, 1.807) is 0 Å². The van der Waals surface area contributed by atoms with E-state index in [1.165, 1.54) is 101 Å². The van der Waals surface area contributed by atoms with Gasteiger partial charge in [0.05, 0.1) is 0 Å². The van der Waals surface area contributed by atoms with Gasteiger partial charge in [0, 0.05) is 0 Å². The number of aryl methyl sites for hydroxylation is 4. The van der Waals surface area contributed by atoms with Crippen molar-refractivity contribution in [2.45, 2.75) is 39.8 Å². The van der Waals surface area contributed by atoms with Gasteiger partial charge in [-0.25, -0.2) is 0 Å². The molecule has 0 aliphatic carbocycles. The first-order chi connectivity index (χ1) is 21.4. The van der Waals surface area contributed by atoms with Gasteiger partial charge in [0.2, 0.25) is 0 Å². The van der Waals surface area contributed by atoms with E-state index in [4.69, 9.17) is 0 Å². The summed E-state index contributed by atoms with van der Waals surface area (Å²) in [6.45, 7) is 8.72. The van der Waals surface area contributed by atoms with Crippen LogP contribution in [0, 0.1) is 27.7 Å². The molecule has 2 radical (unpaired) electrons. The third-order valence-corrected chi connectivity index (χ3v) is 12.6. The van der Waals surface area contributed by atoms with Gasteiger partial charge in [-0.2, -0.15) is 0 Å². The van der Waals surface area contributed by atoms with Crippen LogP contribution in [-0.2, 0) is 0 Å². The average molecular weight is 801 g/mol. The molecule has 6 aromatic carbocycles. The Morgan fingerprint density at radius 2 is 0.636 bits per heavy atom. The van der Waals surface area contributed by atoms with Crippen LogP contribution >= 0.6 is 23.5 Å². The third kappa shape index (κ3) is 7.07. The third-order valence-electron chi connectivity index (χ3n) is 7.78. The van der Waals surface area contributed by atoms with Gasteiger partial charge < -0.3 is 0 Å². The summed E-state index contributed by atoms with van der Waals surface area (Å²) in [4.78, 5) is 2.71. The minimum atomic E-state index is 0.360. The van der Waals surface area contributed by atoms with E-state index >= 15 is 0 Å². The van der Waals surface area contributed by atoms with Crippen molar-refractivity contribution in [2.24, 2.45) is 0 Å². The van der Waals surface area contributed by atoms with E-state index in [0.29, 0.717) is 2.29 Å². The molecule has 0 bridgehead atoms. The van der Waals surface area contributed by atoms with Crippen molar-refractivity contribution in [3.05, 3.63) is 156 Å². The van der Waals surface area contributed by atoms with Crippen molar-refractivity contribution < 1.29 is 0 Å². The SMILES string of the molecule is Cc1cccc(-c2cccc(-c3cccc(C)c3)c2S[CH]([Bi])Sc2c(-c3cccc(C)c3)cccc2-c2cccc(C)c2)c1. The van der Waals surface area contributed by atoms with Crippen LogP contribution in [0.15, 0.2) is 143 Å². The zero-order chi connectivity index (χ0) is 30.6. The molecular formula is C41H35BiS2. The van der Waals surface area contributed by atoms with Crippen LogP contribution in [-0.4, -0.2) is 27.0 Å². The fourth-order valence-corrected chi connectivity index (χ4v) is 10.6. The molecular weight excluding hydrogens is 766 g/mol. The van der Waals surface area contributed by atoms with Gasteiger partial charge in [-0.15, -0.1) is 0 Å².